The normalized spacial score (nSPS) is 14.5. The molecule has 2 nitrogen and oxygen atoms in total. The van der Waals surface area contributed by atoms with Crippen LogP contribution in [0.1, 0.15) is 13.8 Å². The van der Waals surface area contributed by atoms with Gasteiger partial charge in [-0.15, -0.1) is 0 Å². The molecule has 0 saturated heterocycles. The minimum absolute atomic E-state index is 0.0915. The Bertz CT molecular complexity index is 84.1. The Balaban J connectivity index is 3.25. The maximum absolute atomic E-state index is 10.5. The van der Waals surface area contributed by atoms with Gasteiger partial charge in [-0.2, -0.15) is 0 Å². The standard InChI is InChI=1S/C4H11O2PS/c1-4(2)6-7(5)8-3/h4,7H,1-3H3. The van der Waals surface area contributed by atoms with Gasteiger partial charge in [0.15, 0.2) is 0 Å². The van der Waals surface area contributed by atoms with E-state index in [-0.39, 0.29) is 6.10 Å². The third-order valence-electron chi connectivity index (χ3n) is 0.499. The summed E-state index contributed by atoms with van der Waals surface area (Å²) in [5.41, 5.74) is 0. The fraction of sp³-hybridized carbons (Fsp3) is 1.00. The summed E-state index contributed by atoms with van der Waals surface area (Å²) in [4.78, 5) is 0. The van der Waals surface area contributed by atoms with Gasteiger partial charge in [0.2, 0.25) is 7.23 Å². The van der Waals surface area contributed by atoms with E-state index in [1.165, 1.54) is 11.4 Å². The van der Waals surface area contributed by atoms with E-state index in [2.05, 4.69) is 0 Å². The van der Waals surface area contributed by atoms with Gasteiger partial charge in [-0.1, -0.05) is 11.4 Å². The molecule has 0 N–H and O–H groups in total. The molecule has 1 unspecified atom stereocenters. The summed E-state index contributed by atoms with van der Waals surface area (Å²) in [5, 5.41) is 0. The first kappa shape index (κ1) is 8.54. The molecule has 0 aliphatic heterocycles. The molecule has 0 aliphatic carbocycles. The lowest BCUT2D eigenvalue weighted by molar-refractivity contribution is 0.264. The van der Waals surface area contributed by atoms with Crippen molar-refractivity contribution in [3.8, 4) is 0 Å². The van der Waals surface area contributed by atoms with Crippen molar-refractivity contribution in [1.29, 1.82) is 0 Å². The van der Waals surface area contributed by atoms with E-state index in [9.17, 15) is 4.57 Å². The molecule has 0 aliphatic rings. The Morgan fingerprint density at radius 3 is 2.25 bits per heavy atom. The highest BCUT2D eigenvalue weighted by atomic mass is 32.7. The highest BCUT2D eigenvalue weighted by Gasteiger charge is 1.97. The van der Waals surface area contributed by atoms with Crippen molar-refractivity contribution in [3.63, 3.8) is 0 Å². The number of rotatable bonds is 3. The molecule has 8 heavy (non-hydrogen) atoms. The summed E-state index contributed by atoms with van der Waals surface area (Å²) in [7, 11) is -1.76. The highest BCUT2D eigenvalue weighted by molar-refractivity contribution is 8.49. The first-order valence-corrected chi connectivity index (χ1v) is 5.68. The van der Waals surface area contributed by atoms with Crippen LogP contribution in [0.3, 0.4) is 0 Å². The molecular formula is C4H11O2PS. The van der Waals surface area contributed by atoms with Crippen LogP contribution in [-0.4, -0.2) is 12.4 Å². The molecule has 0 heterocycles. The predicted molar refractivity (Wildman–Crippen MR) is 38.7 cm³/mol. The lowest BCUT2D eigenvalue weighted by Crippen LogP contribution is -1.92. The molecule has 0 aromatic heterocycles. The maximum Gasteiger partial charge on any atom is 0.246 e. The molecule has 0 amide bonds. The third-order valence-corrected chi connectivity index (χ3v) is 2.78. The van der Waals surface area contributed by atoms with E-state index < -0.39 is 7.23 Å². The Morgan fingerprint density at radius 2 is 2.12 bits per heavy atom. The Labute approximate surface area is 54.6 Å². The maximum atomic E-state index is 10.5. The summed E-state index contributed by atoms with van der Waals surface area (Å²) in [6.45, 7) is 3.75. The van der Waals surface area contributed by atoms with Gasteiger partial charge in [0, 0.05) is 0 Å². The van der Waals surface area contributed by atoms with Crippen LogP contribution < -0.4 is 0 Å². The quantitative estimate of drug-likeness (QED) is 0.583. The zero-order valence-electron chi connectivity index (χ0n) is 5.30. The Kier molecular flexibility index (Phi) is 4.72. The average molecular weight is 154 g/mol. The molecule has 0 radical (unpaired) electrons. The molecule has 0 aromatic carbocycles. The first-order valence-electron chi connectivity index (χ1n) is 2.41. The van der Waals surface area contributed by atoms with Crippen molar-refractivity contribution < 1.29 is 9.09 Å². The van der Waals surface area contributed by atoms with Crippen LogP contribution in [0.5, 0.6) is 0 Å². The van der Waals surface area contributed by atoms with E-state index in [1.807, 2.05) is 13.8 Å². The molecular weight excluding hydrogens is 143 g/mol. The Hall–Kier alpha value is 0.540. The monoisotopic (exact) mass is 154 g/mol. The highest BCUT2D eigenvalue weighted by Crippen LogP contribution is 2.37. The summed E-state index contributed by atoms with van der Waals surface area (Å²) in [5.74, 6) is 0. The van der Waals surface area contributed by atoms with E-state index in [0.717, 1.165) is 0 Å². The van der Waals surface area contributed by atoms with Crippen molar-refractivity contribution in [2.75, 3.05) is 6.26 Å². The number of hydrogen-bond donors (Lipinski definition) is 0. The predicted octanol–water partition coefficient (Wildman–Crippen LogP) is 2.16. The molecule has 0 spiro atoms. The van der Waals surface area contributed by atoms with Crippen LogP contribution in [0, 0.1) is 0 Å². The van der Waals surface area contributed by atoms with Crippen molar-refractivity contribution in [1.82, 2.24) is 0 Å². The van der Waals surface area contributed by atoms with E-state index >= 15 is 0 Å². The number of hydrogen-bond acceptors (Lipinski definition) is 3. The molecule has 0 fully saturated rings. The molecule has 0 saturated carbocycles. The fourth-order valence-electron chi connectivity index (χ4n) is 0.241. The zero-order valence-corrected chi connectivity index (χ0v) is 7.12. The lowest BCUT2D eigenvalue weighted by atomic mass is 10.5. The zero-order chi connectivity index (χ0) is 6.57. The molecule has 1 atom stereocenters. The fourth-order valence-corrected chi connectivity index (χ4v) is 1.59. The van der Waals surface area contributed by atoms with Crippen LogP contribution in [0.15, 0.2) is 0 Å². The van der Waals surface area contributed by atoms with Crippen LogP contribution in [-0.2, 0) is 9.09 Å². The summed E-state index contributed by atoms with van der Waals surface area (Å²) < 4.78 is 15.5. The van der Waals surface area contributed by atoms with Crippen LogP contribution in [0.25, 0.3) is 0 Å². The van der Waals surface area contributed by atoms with Crippen LogP contribution >= 0.6 is 18.6 Å². The first-order chi connectivity index (χ1) is 3.66. The van der Waals surface area contributed by atoms with Gasteiger partial charge in [0.1, 0.15) is 0 Å². The SMILES string of the molecule is CS[PH](=O)OC(C)C. The molecule has 4 heteroatoms. The average Bonchev–Trinajstić information content (AvgIpc) is 1.65. The van der Waals surface area contributed by atoms with Gasteiger partial charge in [0.05, 0.1) is 6.10 Å². The van der Waals surface area contributed by atoms with E-state index in [4.69, 9.17) is 4.52 Å². The summed E-state index contributed by atoms with van der Waals surface area (Å²) in [6, 6.07) is 0. The van der Waals surface area contributed by atoms with Gasteiger partial charge in [0.25, 0.3) is 0 Å². The molecule has 0 aromatic rings. The van der Waals surface area contributed by atoms with Gasteiger partial charge in [-0.25, -0.2) is 0 Å². The van der Waals surface area contributed by atoms with Gasteiger partial charge < -0.3 is 4.52 Å². The third kappa shape index (κ3) is 4.69. The lowest BCUT2D eigenvalue weighted by Gasteiger charge is -2.02. The molecule has 0 bridgehead atoms. The van der Waals surface area contributed by atoms with E-state index in [1.54, 1.807) is 6.26 Å². The van der Waals surface area contributed by atoms with Gasteiger partial charge in [-0.3, -0.25) is 4.57 Å². The largest absolute Gasteiger partial charge is 0.320 e. The second-order valence-electron chi connectivity index (χ2n) is 1.62. The topological polar surface area (TPSA) is 26.3 Å². The van der Waals surface area contributed by atoms with E-state index in [0.29, 0.717) is 0 Å². The van der Waals surface area contributed by atoms with Gasteiger partial charge in [-0.05, 0) is 20.1 Å². The molecule has 0 rings (SSSR count). The van der Waals surface area contributed by atoms with Crippen molar-refractivity contribution in [3.05, 3.63) is 0 Å². The summed E-state index contributed by atoms with van der Waals surface area (Å²) in [6.07, 6.45) is 1.87. The summed E-state index contributed by atoms with van der Waals surface area (Å²) >= 11 is 1.28. The molecule has 50 valence electrons. The second-order valence-corrected chi connectivity index (χ2v) is 4.99. The minimum Gasteiger partial charge on any atom is -0.320 e. The van der Waals surface area contributed by atoms with Gasteiger partial charge >= 0.3 is 0 Å². The van der Waals surface area contributed by atoms with Crippen molar-refractivity contribution in [2.24, 2.45) is 0 Å². The smallest absolute Gasteiger partial charge is 0.246 e. The second kappa shape index (κ2) is 4.42. The Morgan fingerprint density at radius 1 is 1.62 bits per heavy atom. The minimum atomic E-state index is -1.76. The van der Waals surface area contributed by atoms with Crippen LogP contribution in [0.4, 0.5) is 0 Å². The van der Waals surface area contributed by atoms with Crippen molar-refractivity contribution in [2.45, 2.75) is 20.0 Å². The van der Waals surface area contributed by atoms with Crippen molar-refractivity contribution >= 4 is 18.6 Å². The van der Waals surface area contributed by atoms with Crippen LogP contribution in [0.2, 0.25) is 0 Å².